The summed E-state index contributed by atoms with van der Waals surface area (Å²) >= 11 is 1.47. The Hall–Kier alpha value is -1.86. The van der Waals surface area contributed by atoms with E-state index in [9.17, 15) is 4.79 Å². The molecule has 0 saturated heterocycles. The van der Waals surface area contributed by atoms with E-state index in [-0.39, 0.29) is 5.56 Å². The summed E-state index contributed by atoms with van der Waals surface area (Å²) in [7, 11) is 1.68. The molecule has 0 fully saturated rings. The lowest BCUT2D eigenvalue weighted by atomic mass is 9.97. The van der Waals surface area contributed by atoms with E-state index < -0.39 is 5.60 Å². The van der Waals surface area contributed by atoms with E-state index >= 15 is 0 Å². The van der Waals surface area contributed by atoms with Crippen LogP contribution in [-0.2, 0) is 22.5 Å². The van der Waals surface area contributed by atoms with Crippen LogP contribution in [0.4, 0.5) is 0 Å². The minimum atomic E-state index is -0.482. The Bertz CT molecular complexity index is 817. The summed E-state index contributed by atoms with van der Waals surface area (Å²) in [6.07, 6.45) is 2.42. The highest BCUT2D eigenvalue weighted by Gasteiger charge is 2.26. The van der Waals surface area contributed by atoms with Gasteiger partial charge in [0.1, 0.15) is 5.60 Å². The van der Waals surface area contributed by atoms with Crippen LogP contribution in [0, 0.1) is 6.92 Å². The Labute approximate surface area is 145 Å². The lowest BCUT2D eigenvalue weighted by Gasteiger charge is -2.25. The van der Waals surface area contributed by atoms with Crippen molar-refractivity contribution in [3.63, 3.8) is 0 Å². The number of pyridine rings is 1. The molecule has 0 atom stereocenters. The summed E-state index contributed by atoms with van der Waals surface area (Å²) in [5, 5.41) is 0.560. The predicted molar refractivity (Wildman–Crippen MR) is 92.6 cm³/mol. The smallest absolute Gasteiger partial charge is 0.258 e. The number of aromatic nitrogens is 3. The van der Waals surface area contributed by atoms with Gasteiger partial charge in [-0.1, -0.05) is 11.8 Å². The first kappa shape index (κ1) is 17.0. The highest BCUT2D eigenvalue weighted by Crippen LogP contribution is 2.31. The van der Waals surface area contributed by atoms with Gasteiger partial charge in [0.25, 0.3) is 5.56 Å². The molecule has 0 radical (unpaired) electrons. The van der Waals surface area contributed by atoms with Crippen LogP contribution in [0.5, 0.6) is 5.88 Å². The number of H-pyrrole nitrogens is 1. The van der Waals surface area contributed by atoms with Crippen molar-refractivity contribution in [1.82, 2.24) is 15.0 Å². The number of hydrogen-bond donors (Lipinski definition) is 1. The zero-order valence-corrected chi connectivity index (χ0v) is 15.1. The summed E-state index contributed by atoms with van der Waals surface area (Å²) in [5.74, 6) is 1.10. The third-order valence-electron chi connectivity index (χ3n) is 4.27. The number of methoxy groups -OCH3 is 1. The minimum absolute atomic E-state index is 0.111. The van der Waals surface area contributed by atoms with Gasteiger partial charge >= 0.3 is 0 Å². The van der Waals surface area contributed by atoms with E-state index in [1.165, 1.54) is 11.8 Å². The molecule has 7 heteroatoms. The molecule has 3 heterocycles. The second kappa shape index (κ2) is 6.57. The first-order chi connectivity index (χ1) is 11.4. The molecule has 0 aromatic carbocycles. The van der Waals surface area contributed by atoms with Crippen LogP contribution >= 0.6 is 11.8 Å². The highest BCUT2D eigenvalue weighted by atomic mass is 32.2. The predicted octanol–water partition coefficient (Wildman–Crippen LogP) is 2.58. The molecule has 0 unspecified atom stereocenters. The molecule has 2 aromatic rings. The van der Waals surface area contributed by atoms with Crippen molar-refractivity contribution >= 4 is 11.8 Å². The van der Waals surface area contributed by atoms with E-state index in [0.717, 1.165) is 16.8 Å². The average molecular weight is 347 g/mol. The Morgan fingerprint density at radius 2 is 2.25 bits per heavy atom. The van der Waals surface area contributed by atoms with Gasteiger partial charge in [0.05, 0.1) is 17.9 Å². The maximum absolute atomic E-state index is 12.1. The maximum atomic E-state index is 12.1. The highest BCUT2D eigenvalue weighted by molar-refractivity contribution is 7.98. The second-order valence-electron chi connectivity index (χ2n) is 6.21. The Balaban J connectivity index is 1.88. The fraction of sp³-hybridized carbons (Fsp3) is 0.471. The Kier molecular flexibility index (Phi) is 4.64. The SMILES string of the molecule is COC(C)(C)c1nccc(C)c1CSc1nc2c(c(=O)[nH]1)CCO2. The van der Waals surface area contributed by atoms with Gasteiger partial charge in [0, 0.05) is 25.5 Å². The second-order valence-corrected chi connectivity index (χ2v) is 7.18. The van der Waals surface area contributed by atoms with E-state index in [2.05, 4.69) is 21.9 Å². The first-order valence-corrected chi connectivity index (χ1v) is 8.80. The Morgan fingerprint density at radius 3 is 3.00 bits per heavy atom. The van der Waals surface area contributed by atoms with Crippen molar-refractivity contribution in [3.05, 3.63) is 45.0 Å². The van der Waals surface area contributed by atoms with E-state index in [1.54, 1.807) is 13.3 Å². The topological polar surface area (TPSA) is 77.1 Å². The fourth-order valence-electron chi connectivity index (χ4n) is 2.64. The van der Waals surface area contributed by atoms with Crippen LogP contribution in [0.15, 0.2) is 22.2 Å². The molecule has 0 bridgehead atoms. The number of nitrogens with one attached hydrogen (secondary N) is 1. The number of ether oxygens (including phenoxy) is 2. The third-order valence-corrected chi connectivity index (χ3v) is 5.17. The average Bonchev–Trinajstić information content (AvgIpc) is 3.02. The van der Waals surface area contributed by atoms with Crippen LogP contribution in [0.25, 0.3) is 0 Å². The van der Waals surface area contributed by atoms with E-state index in [4.69, 9.17) is 9.47 Å². The van der Waals surface area contributed by atoms with Crippen LogP contribution in [0.1, 0.15) is 36.2 Å². The van der Waals surface area contributed by atoms with Gasteiger partial charge < -0.3 is 14.5 Å². The minimum Gasteiger partial charge on any atom is -0.477 e. The number of thioether (sulfide) groups is 1. The molecule has 0 saturated carbocycles. The van der Waals surface area contributed by atoms with Gasteiger partial charge in [-0.25, -0.2) is 0 Å². The monoisotopic (exact) mass is 347 g/mol. The number of fused-ring (bicyclic) bond motifs is 1. The number of rotatable bonds is 5. The molecular formula is C17H21N3O3S. The molecule has 3 rings (SSSR count). The van der Waals surface area contributed by atoms with Crippen LogP contribution in [0.2, 0.25) is 0 Å². The summed E-state index contributed by atoms with van der Waals surface area (Å²) in [4.78, 5) is 23.8. The van der Waals surface area contributed by atoms with Crippen molar-refractivity contribution in [2.75, 3.05) is 13.7 Å². The van der Waals surface area contributed by atoms with Gasteiger partial charge in [-0.3, -0.25) is 9.78 Å². The van der Waals surface area contributed by atoms with Gasteiger partial charge in [0.2, 0.25) is 5.88 Å². The third kappa shape index (κ3) is 3.18. The number of aryl methyl sites for hydroxylation is 1. The first-order valence-electron chi connectivity index (χ1n) is 7.81. The molecule has 0 aliphatic carbocycles. The molecular weight excluding hydrogens is 326 g/mol. The summed E-state index contributed by atoms with van der Waals surface area (Å²) in [5.41, 5.74) is 3.18. The maximum Gasteiger partial charge on any atom is 0.258 e. The van der Waals surface area contributed by atoms with Gasteiger partial charge in [-0.15, -0.1) is 0 Å². The largest absolute Gasteiger partial charge is 0.477 e. The van der Waals surface area contributed by atoms with E-state index in [0.29, 0.717) is 35.4 Å². The molecule has 6 nitrogen and oxygen atoms in total. The van der Waals surface area contributed by atoms with Crippen LogP contribution < -0.4 is 10.3 Å². The molecule has 0 amide bonds. The molecule has 24 heavy (non-hydrogen) atoms. The summed E-state index contributed by atoms with van der Waals surface area (Å²) in [6, 6.07) is 1.98. The number of aromatic amines is 1. The van der Waals surface area contributed by atoms with Gasteiger partial charge in [-0.2, -0.15) is 4.98 Å². The zero-order valence-electron chi connectivity index (χ0n) is 14.3. The number of hydrogen-bond acceptors (Lipinski definition) is 6. The standard InChI is InChI=1S/C17H21N3O3S/c1-10-5-7-18-13(17(2,3)22-4)12(10)9-24-16-19-14(21)11-6-8-23-15(11)20-16/h5,7H,6,8-9H2,1-4H3,(H,19,20,21). The lowest BCUT2D eigenvalue weighted by Crippen LogP contribution is -2.23. The van der Waals surface area contributed by atoms with Gasteiger partial charge in [0.15, 0.2) is 5.16 Å². The number of nitrogens with zero attached hydrogens (tertiary/aromatic N) is 2. The summed E-state index contributed by atoms with van der Waals surface area (Å²) in [6.45, 7) is 6.56. The van der Waals surface area contributed by atoms with Crippen molar-refractivity contribution in [3.8, 4) is 5.88 Å². The van der Waals surface area contributed by atoms with Crippen molar-refractivity contribution in [2.24, 2.45) is 0 Å². The van der Waals surface area contributed by atoms with Gasteiger partial charge in [-0.05, 0) is 38.0 Å². The molecule has 1 aliphatic rings. The normalized spacial score (nSPS) is 13.7. The molecule has 1 N–H and O–H groups in total. The van der Waals surface area contributed by atoms with Crippen LogP contribution in [-0.4, -0.2) is 28.7 Å². The molecule has 2 aromatic heterocycles. The van der Waals surface area contributed by atoms with Crippen molar-refractivity contribution < 1.29 is 9.47 Å². The molecule has 128 valence electrons. The van der Waals surface area contributed by atoms with E-state index in [1.807, 2.05) is 19.9 Å². The quantitative estimate of drug-likeness (QED) is 0.662. The lowest BCUT2D eigenvalue weighted by molar-refractivity contribution is 0.0148. The van der Waals surface area contributed by atoms with Crippen molar-refractivity contribution in [2.45, 2.75) is 43.7 Å². The summed E-state index contributed by atoms with van der Waals surface area (Å²) < 4.78 is 11.0. The zero-order chi connectivity index (χ0) is 17.3. The van der Waals surface area contributed by atoms with Crippen molar-refractivity contribution in [1.29, 1.82) is 0 Å². The van der Waals surface area contributed by atoms with Crippen LogP contribution in [0.3, 0.4) is 0 Å². The molecule has 0 spiro atoms. The molecule has 1 aliphatic heterocycles. The Morgan fingerprint density at radius 1 is 1.46 bits per heavy atom. The fourth-order valence-corrected chi connectivity index (χ4v) is 3.60.